The molecule has 2 aromatic carbocycles. The average Bonchev–Trinajstić information content (AvgIpc) is 2.78. The van der Waals surface area contributed by atoms with E-state index in [-0.39, 0.29) is 30.1 Å². The molecule has 0 spiro atoms. The molecule has 30 heavy (non-hydrogen) atoms. The average molecular weight is 432 g/mol. The van der Waals surface area contributed by atoms with Crippen molar-refractivity contribution < 1.29 is 14.3 Å². The SMILES string of the molecule is COc1ccc(CNC(=O)[C@H](Cc2ccccc2)NC(=O)C2CCNCC2)cc1.Cl. The number of amides is 2. The molecule has 1 fully saturated rings. The lowest BCUT2D eigenvalue weighted by Crippen LogP contribution is -2.50. The van der Waals surface area contributed by atoms with Crippen LogP contribution in [0, 0.1) is 5.92 Å². The number of hydrogen-bond donors (Lipinski definition) is 3. The number of carbonyl (C=O) groups is 2. The molecule has 162 valence electrons. The number of piperidine rings is 1. The highest BCUT2D eigenvalue weighted by molar-refractivity contribution is 5.88. The number of ether oxygens (including phenoxy) is 1. The van der Waals surface area contributed by atoms with Gasteiger partial charge in [-0.05, 0) is 49.2 Å². The summed E-state index contributed by atoms with van der Waals surface area (Å²) in [6.07, 6.45) is 2.07. The number of hydrogen-bond acceptors (Lipinski definition) is 4. The zero-order valence-electron chi connectivity index (χ0n) is 17.2. The van der Waals surface area contributed by atoms with Crippen LogP contribution in [0.5, 0.6) is 5.75 Å². The van der Waals surface area contributed by atoms with Crippen molar-refractivity contribution in [3.8, 4) is 5.75 Å². The second-order valence-electron chi connectivity index (χ2n) is 7.34. The zero-order valence-corrected chi connectivity index (χ0v) is 18.0. The molecule has 1 aliphatic heterocycles. The van der Waals surface area contributed by atoms with Crippen molar-refractivity contribution in [1.82, 2.24) is 16.0 Å². The lowest BCUT2D eigenvalue weighted by atomic mass is 9.96. The summed E-state index contributed by atoms with van der Waals surface area (Å²) in [7, 11) is 1.62. The summed E-state index contributed by atoms with van der Waals surface area (Å²) in [5.41, 5.74) is 1.99. The van der Waals surface area contributed by atoms with E-state index in [9.17, 15) is 9.59 Å². The Balaban J connectivity index is 0.00000320. The molecule has 2 amide bonds. The Morgan fingerprint density at radius 3 is 2.33 bits per heavy atom. The minimum absolute atomic E-state index is 0. The van der Waals surface area contributed by atoms with Crippen LogP contribution in [0.15, 0.2) is 54.6 Å². The van der Waals surface area contributed by atoms with Crippen LogP contribution in [0.1, 0.15) is 24.0 Å². The molecule has 0 bridgehead atoms. The highest BCUT2D eigenvalue weighted by Crippen LogP contribution is 2.14. The molecule has 1 saturated heterocycles. The van der Waals surface area contributed by atoms with Crippen LogP contribution in [0.2, 0.25) is 0 Å². The largest absolute Gasteiger partial charge is 0.497 e. The molecule has 1 atom stereocenters. The number of rotatable bonds is 8. The van der Waals surface area contributed by atoms with Gasteiger partial charge in [0.05, 0.1) is 7.11 Å². The van der Waals surface area contributed by atoms with E-state index < -0.39 is 6.04 Å². The molecular formula is C23H30ClN3O3. The zero-order chi connectivity index (χ0) is 20.5. The smallest absolute Gasteiger partial charge is 0.243 e. The predicted molar refractivity (Wildman–Crippen MR) is 120 cm³/mol. The Morgan fingerprint density at radius 2 is 1.70 bits per heavy atom. The number of methoxy groups -OCH3 is 1. The molecule has 0 aromatic heterocycles. The van der Waals surface area contributed by atoms with Gasteiger partial charge in [-0.15, -0.1) is 12.4 Å². The van der Waals surface area contributed by atoms with Crippen molar-refractivity contribution in [2.75, 3.05) is 20.2 Å². The molecule has 1 heterocycles. The lowest BCUT2D eigenvalue weighted by molar-refractivity contribution is -0.131. The molecular weight excluding hydrogens is 402 g/mol. The lowest BCUT2D eigenvalue weighted by Gasteiger charge is -2.25. The molecule has 6 nitrogen and oxygen atoms in total. The van der Waals surface area contributed by atoms with Gasteiger partial charge in [0.1, 0.15) is 11.8 Å². The summed E-state index contributed by atoms with van der Waals surface area (Å²) in [5, 5.41) is 9.21. The Kier molecular flexibility index (Phi) is 9.64. The van der Waals surface area contributed by atoms with E-state index in [0.717, 1.165) is 42.8 Å². The molecule has 7 heteroatoms. The van der Waals surface area contributed by atoms with Crippen LogP contribution < -0.4 is 20.7 Å². The van der Waals surface area contributed by atoms with Crippen molar-refractivity contribution in [3.63, 3.8) is 0 Å². The maximum absolute atomic E-state index is 12.9. The standard InChI is InChI=1S/C23H29N3O3.ClH/c1-29-20-9-7-18(8-10-20)16-25-23(28)21(15-17-5-3-2-4-6-17)26-22(27)19-11-13-24-14-12-19;/h2-10,19,21,24H,11-16H2,1H3,(H,25,28)(H,26,27);1H/t21-;/m0./s1. The molecule has 0 unspecified atom stereocenters. The van der Waals surface area contributed by atoms with E-state index in [1.165, 1.54) is 0 Å². The maximum atomic E-state index is 12.9. The quantitative estimate of drug-likeness (QED) is 0.600. The number of benzene rings is 2. The number of halogens is 1. The molecule has 1 aliphatic rings. The summed E-state index contributed by atoms with van der Waals surface area (Å²) in [5.74, 6) is 0.527. The molecule has 3 rings (SSSR count). The number of carbonyl (C=O) groups excluding carboxylic acids is 2. The van der Waals surface area contributed by atoms with E-state index >= 15 is 0 Å². The van der Waals surface area contributed by atoms with E-state index in [1.54, 1.807) is 7.11 Å². The normalized spacial score (nSPS) is 14.8. The first-order valence-corrected chi connectivity index (χ1v) is 10.1. The van der Waals surface area contributed by atoms with Crippen molar-refractivity contribution in [2.24, 2.45) is 5.92 Å². The summed E-state index contributed by atoms with van der Waals surface area (Å²) < 4.78 is 5.16. The summed E-state index contributed by atoms with van der Waals surface area (Å²) in [4.78, 5) is 25.6. The van der Waals surface area contributed by atoms with Crippen LogP contribution >= 0.6 is 12.4 Å². The predicted octanol–water partition coefficient (Wildman–Crippen LogP) is 2.46. The first-order valence-electron chi connectivity index (χ1n) is 10.1. The van der Waals surface area contributed by atoms with Crippen LogP contribution in [0.4, 0.5) is 0 Å². The second kappa shape index (κ2) is 12.2. The Hall–Kier alpha value is -2.57. The summed E-state index contributed by atoms with van der Waals surface area (Å²) >= 11 is 0. The Bertz CT molecular complexity index is 793. The second-order valence-corrected chi connectivity index (χ2v) is 7.34. The summed E-state index contributed by atoms with van der Waals surface area (Å²) in [6, 6.07) is 16.7. The van der Waals surface area contributed by atoms with Crippen molar-refractivity contribution >= 4 is 24.2 Å². The van der Waals surface area contributed by atoms with Crippen LogP contribution in [-0.2, 0) is 22.6 Å². The molecule has 0 saturated carbocycles. The summed E-state index contributed by atoms with van der Waals surface area (Å²) in [6.45, 7) is 2.08. The topological polar surface area (TPSA) is 79.5 Å². The van der Waals surface area contributed by atoms with Crippen LogP contribution in [-0.4, -0.2) is 38.1 Å². The van der Waals surface area contributed by atoms with Crippen molar-refractivity contribution in [3.05, 3.63) is 65.7 Å². The van der Waals surface area contributed by atoms with Gasteiger partial charge in [0.15, 0.2) is 0 Å². The minimum Gasteiger partial charge on any atom is -0.497 e. The van der Waals surface area contributed by atoms with Gasteiger partial charge in [-0.25, -0.2) is 0 Å². The first-order chi connectivity index (χ1) is 14.2. The van der Waals surface area contributed by atoms with Gasteiger partial charge in [0.25, 0.3) is 0 Å². The van der Waals surface area contributed by atoms with Gasteiger partial charge < -0.3 is 20.7 Å². The molecule has 3 N–H and O–H groups in total. The monoisotopic (exact) mass is 431 g/mol. The highest BCUT2D eigenvalue weighted by atomic mass is 35.5. The van der Waals surface area contributed by atoms with E-state index in [4.69, 9.17) is 4.74 Å². The minimum atomic E-state index is -0.599. The third-order valence-electron chi connectivity index (χ3n) is 5.25. The fourth-order valence-corrected chi connectivity index (χ4v) is 3.49. The molecule has 2 aromatic rings. The van der Waals surface area contributed by atoms with Crippen molar-refractivity contribution in [1.29, 1.82) is 0 Å². The van der Waals surface area contributed by atoms with Gasteiger partial charge in [-0.2, -0.15) is 0 Å². The Labute approximate surface area is 184 Å². The van der Waals surface area contributed by atoms with Gasteiger partial charge in [-0.1, -0.05) is 42.5 Å². The van der Waals surface area contributed by atoms with Gasteiger partial charge >= 0.3 is 0 Å². The van der Waals surface area contributed by atoms with Crippen molar-refractivity contribution in [2.45, 2.75) is 31.8 Å². The van der Waals surface area contributed by atoms with E-state index in [2.05, 4.69) is 16.0 Å². The van der Waals surface area contributed by atoms with Crippen LogP contribution in [0.25, 0.3) is 0 Å². The molecule has 0 radical (unpaired) electrons. The fraction of sp³-hybridized carbons (Fsp3) is 0.391. The third kappa shape index (κ3) is 7.04. The van der Waals surface area contributed by atoms with Gasteiger partial charge in [-0.3, -0.25) is 9.59 Å². The van der Waals surface area contributed by atoms with Crippen LogP contribution in [0.3, 0.4) is 0 Å². The van der Waals surface area contributed by atoms with E-state index in [1.807, 2.05) is 54.6 Å². The first kappa shape index (κ1) is 23.7. The van der Waals surface area contributed by atoms with Gasteiger partial charge in [0, 0.05) is 18.9 Å². The molecule has 0 aliphatic carbocycles. The van der Waals surface area contributed by atoms with E-state index in [0.29, 0.717) is 13.0 Å². The maximum Gasteiger partial charge on any atom is 0.243 e. The third-order valence-corrected chi connectivity index (χ3v) is 5.25. The highest BCUT2D eigenvalue weighted by Gasteiger charge is 2.26. The number of nitrogens with one attached hydrogen (secondary N) is 3. The Morgan fingerprint density at radius 1 is 1.03 bits per heavy atom. The van der Waals surface area contributed by atoms with Gasteiger partial charge in [0.2, 0.25) is 11.8 Å². The fourth-order valence-electron chi connectivity index (χ4n) is 3.49.